The van der Waals surface area contributed by atoms with E-state index < -0.39 is 29.8 Å². The van der Waals surface area contributed by atoms with Gasteiger partial charge >= 0.3 is 29.8 Å². The van der Waals surface area contributed by atoms with Gasteiger partial charge in [0.15, 0.2) is 16.3 Å². The minimum atomic E-state index is -0.768. The molecule has 0 spiro atoms. The quantitative estimate of drug-likeness (QED) is 0.163. The second-order valence-electron chi connectivity index (χ2n) is 7.33. The Kier molecular flexibility index (Phi) is 8.91. The fourth-order valence-corrected chi connectivity index (χ4v) is 3.61. The van der Waals surface area contributed by atoms with Gasteiger partial charge in [0.1, 0.15) is 17.8 Å². The normalized spacial score (nSPS) is 12.5. The lowest BCUT2D eigenvalue weighted by Crippen LogP contribution is -2.16. The second kappa shape index (κ2) is 12.1. The first kappa shape index (κ1) is 28.0. The van der Waals surface area contributed by atoms with Crippen molar-refractivity contribution >= 4 is 56.8 Å². The maximum Gasteiger partial charge on any atom is 0.346 e. The van der Waals surface area contributed by atoms with E-state index >= 15 is 0 Å². The van der Waals surface area contributed by atoms with E-state index in [1.165, 1.54) is 43.5 Å². The maximum absolute atomic E-state index is 12.2. The van der Waals surface area contributed by atoms with Crippen LogP contribution in [0.4, 0.5) is 0 Å². The van der Waals surface area contributed by atoms with E-state index in [4.69, 9.17) is 9.47 Å². The van der Waals surface area contributed by atoms with E-state index in [1.54, 1.807) is 18.2 Å². The SMILES string of the molecule is CC.COc1ccc(OC(=O)c2ccc3c(c2)C(=O)OC3=O)[c]([Al])c1.O=Cc1ccc2c(c1)C(=O)OC2=O. The number of carbonyl (C=O) groups is 6. The number of ether oxygens (including phenoxy) is 4. The molecule has 0 fully saturated rings. The first-order valence-corrected chi connectivity index (χ1v) is 11.7. The molecule has 2 aliphatic rings. The van der Waals surface area contributed by atoms with Crippen LogP contribution < -0.4 is 13.9 Å². The number of rotatable bonds is 4. The van der Waals surface area contributed by atoms with Crippen LogP contribution in [0.3, 0.4) is 0 Å². The summed E-state index contributed by atoms with van der Waals surface area (Å²) in [4.78, 5) is 67.4. The molecule has 0 bridgehead atoms. The van der Waals surface area contributed by atoms with Crippen molar-refractivity contribution in [2.45, 2.75) is 13.8 Å². The number of carbonyl (C=O) groups excluding carboxylic acids is 6. The molecule has 190 valence electrons. The summed E-state index contributed by atoms with van der Waals surface area (Å²) in [5.74, 6) is -2.49. The van der Waals surface area contributed by atoms with Crippen LogP contribution in [-0.4, -0.2) is 59.5 Å². The summed E-state index contributed by atoms with van der Waals surface area (Å²) < 4.78 is 19.8. The fraction of sp³-hybridized carbons (Fsp3) is 0.111. The number of fused-ring (bicyclic) bond motifs is 2. The Balaban J connectivity index is 0.000000225. The molecular formula is C27H19AlO10. The molecule has 11 heteroatoms. The number of methoxy groups -OCH3 is 1. The number of hydrogen-bond acceptors (Lipinski definition) is 10. The minimum Gasteiger partial charge on any atom is -0.497 e. The third-order valence-electron chi connectivity index (χ3n) is 5.11. The van der Waals surface area contributed by atoms with Gasteiger partial charge < -0.3 is 18.9 Å². The molecule has 0 saturated heterocycles. The van der Waals surface area contributed by atoms with Crippen LogP contribution in [0.1, 0.15) is 76.0 Å². The highest BCUT2D eigenvalue weighted by Gasteiger charge is 2.31. The van der Waals surface area contributed by atoms with Gasteiger partial charge in [-0.25, -0.2) is 24.0 Å². The predicted molar refractivity (Wildman–Crippen MR) is 132 cm³/mol. The summed E-state index contributed by atoms with van der Waals surface area (Å²) in [7, 11) is 1.54. The van der Waals surface area contributed by atoms with Gasteiger partial charge in [0, 0.05) is 5.56 Å². The van der Waals surface area contributed by atoms with Crippen LogP contribution in [0, 0.1) is 0 Å². The Labute approximate surface area is 224 Å². The zero-order valence-electron chi connectivity index (χ0n) is 20.4. The Hall–Kier alpha value is -4.59. The van der Waals surface area contributed by atoms with Crippen molar-refractivity contribution in [3.63, 3.8) is 0 Å². The van der Waals surface area contributed by atoms with Crippen LogP contribution in [0.25, 0.3) is 0 Å². The van der Waals surface area contributed by atoms with E-state index in [0.29, 0.717) is 27.8 Å². The predicted octanol–water partition coefficient (Wildman–Crippen LogP) is 2.85. The van der Waals surface area contributed by atoms with Gasteiger partial charge in [-0.2, -0.15) is 0 Å². The number of hydrogen-bond donors (Lipinski definition) is 0. The lowest BCUT2D eigenvalue weighted by atomic mass is 10.1. The molecule has 0 atom stereocenters. The summed E-state index contributed by atoms with van der Waals surface area (Å²) in [5.41, 5.74) is 1.08. The zero-order chi connectivity index (χ0) is 28.0. The van der Waals surface area contributed by atoms with Crippen molar-refractivity contribution in [3.8, 4) is 11.5 Å². The van der Waals surface area contributed by atoms with Crippen LogP contribution in [0.15, 0.2) is 54.6 Å². The second-order valence-corrected chi connectivity index (χ2v) is 7.95. The summed E-state index contributed by atoms with van der Waals surface area (Å²) in [6.07, 6.45) is 0.607. The van der Waals surface area contributed by atoms with Crippen LogP contribution in [0.5, 0.6) is 11.5 Å². The van der Waals surface area contributed by atoms with Gasteiger partial charge in [0.05, 0.1) is 34.9 Å². The van der Waals surface area contributed by atoms with Gasteiger partial charge in [-0.05, 0) is 48.5 Å². The first-order chi connectivity index (χ1) is 18.2. The Bertz CT molecular complexity index is 1470. The van der Waals surface area contributed by atoms with E-state index in [9.17, 15) is 28.8 Å². The Morgan fingerprint density at radius 2 is 1.32 bits per heavy atom. The molecule has 0 amide bonds. The molecule has 38 heavy (non-hydrogen) atoms. The first-order valence-electron chi connectivity index (χ1n) is 11.1. The standard InChI is InChI=1S/C16H9O6.C9H4O4.C2H6.Al/c1-20-10-3-5-11(6-4-10)21-14(17)9-2-7-12-13(8-9)16(19)22-15(12)18;10-4-5-1-2-6-7(3-5)9(12)13-8(6)11;1-2;/h2-5,7-8H,1H3;1-4H;1-2H3;. The Morgan fingerprint density at radius 1 is 0.763 bits per heavy atom. The minimum absolute atomic E-state index is 0.0604. The van der Waals surface area contributed by atoms with Crippen molar-refractivity contribution in [2.24, 2.45) is 0 Å². The van der Waals surface area contributed by atoms with Crippen LogP contribution >= 0.6 is 0 Å². The highest BCUT2D eigenvalue weighted by atomic mass is 27.0. The van der Waals surface area contributed by atoms with Gasteiger partial charge in [0.2, 0.25) is 0 Å². The molecule has 2 radical (unpaired) electrons. The van der Waals surface area contributed by atoms with Crippen LogP contribution in [0.2, 0.25) is 0 Å². The summed E-state index contributed by atoms with van der Waals surface area (Å²) in [6.45, 7) is 4.00. The average Bonchev–Trinajstić information content (AvgIpc) is 3.39. The highest BCUT2D eigenvalue weighted by Crippen LogP contribution is 2.23. The summed E-state index contributed by atoms with van der Waals surface area (Å²) >= 11 is 2.45. The highest BCUT2D eigenvalue weighted by molar-refractivity contribution is 6.34. The van der Waals surface area contributed by atoms with Gasteiger partial charge in [-0.3, -0.25) is 4.79 Å². The number of cyclic esters (lactones) is 4. The summed E-state index contributed by atoms with van der Waals surface area (Å²) in [5, 5.41) is 0. The zero-order valence-corrected chi connectivity index (χ0v) is 21.6. The van der Waals surface area contributed by atoms with Crippen molar-refractivity contribution in [3.05, 3.63) is 88.0 Å². The topological polar surface area (TPSA) is 139 Å². The molecule has 5 rings (SSSR count). The third-order valence-corrected chi connectivity index (χ3v) is 5.56. The van der Waals surface area contributed by atoms with Crippen molar-refractivity contribution in [1.82, 2.24) is 0 Å². The molecular weight excluding hydrogens is 511 g/mol. The molecule has 2 heterocycles. The lowest BCUT2D eigenvalue weighted by molar-refractivity contribution is 0.0425. The van der Waals surface area contributed by atoms with E-state index in [1.807, 2.05) is 13.8 Å². The monoisotopic (exact) mass is 530 g/mol. The van der Waals surface area contributed by atoms with Gasteiger partial charge in [-0.1, -0.05) is 24.3 Å². The Morgan fingerprint density at radius 3 is 1.87 bits per heavy atom. The van der Waals surface area contributed by atoms with Gasteiger partial charge in [-0.15, -0.1) is 0 Å². The maximum atomic E-state index is 12.2. The third kappa shape index (κ3) is 5.86. The molecule has 3 aromatic carbocycles. The van der Waals surface area contributed by atoms with Crippen molar-refractivity contribution in [1.29, 1.82) is 0 Å². The molecule has 2 aliphatic heterocycles. The lowest BCUT2D eigenvalue weighted by Gasteiger charge is -2.10. The molecule has 10 nitrogen and oxygen atoms in total. The summed E-state index contributed by atoms with van der Waals surface area (Å²) in [6, 6.07) is 13.2. The van der Waals surface area contributed by atoms with Crippen molar-refractivity contribution in [2.75, 3.05) is 7.11 Å². The van der Waals surface area contributed by atoms with E-state index in [2.05, 4.69) is 25.8 Å². The molecule has 3 aromatic rings. The van der Waals surface area contributed by atoms with Crippen molar-refractivity contribution < 1.29 is 47.7 Å². The number of aldehydes is 1. The average molecular weight is 530 g/mol. The molecule has 0 N–H and O–H groups in total. The molecule has 0 aliphatic carbocycles. The van der Waals surface area contributed by atoms with E-state index in [0.717, 1.165) is 0 Å². The van der Waals surface area contributed by atoms with Gasteiger partial charge in [0.25, 0.3) is 0 Å². The molecule has 0 unspecified atom stereocenters. The largest absolute Gasteiger partial charge is 0.497 e. The molecule has 0 aromatic heterocycles. The smallest absolute Gasteiger partial charge is 0.346 e. The van der Waals surface area contributed by atoms with E-state index in [-0.39, 0.29) is 27.8 Å². The molecule has 0 saturated carbocycles. The fourth-order valence-electron chi connectivity index (χ4n) is 3.29. The number of esters is 5. The van der Waals surface area contributed by atoms with Crippen LogP contribution in [-0.2, 0) is 9.47 Å². The number of benzene rings is 3.